The maximum absolute atomic E-state index is 13.9. The lowest BCUT2D eigenvalue weighted by molar-refractivity contribution is -0.134. The number of imide groups is 1. The number of hydrogen-bond donors (Lipinski definition) is 3. The number of phenolic OH excluding ortho intramolecular Hbond substituents is 1. The molecule has 4 fully saturated rings. The molecule has 1 aromatic heterocycles. The molecule has 0 saturated carbocycles. The van der Waals surface area contributed by atoms with Gasteiger partial charge in [-0.15, -0.1) is 0 Å². The maximum Gasteiger partial charge on any atom is 0.237 e. The Hall–Kier alpha value is -5.29. The summed E-state index contributed by atoms with van der Waals surface area (Å²) in [5.41, 5.74) is 5.55. The third-order valence-electron chi connectivity index (χ3n) is 12.9. The topological polar surface area (TPSA) is 131 Å². The van der Waals surface area contributed by atoms with Gasteiger partial charge in [-0.2, -0.15) is 10.2 Å². The van der Waals surface area contributed by atoms with E-state index in [1.807, 2.05) is 30.3 Å². The van der Waals surface area contributed by atoms with Gasteiger partial charge in [-0.1, -0.05) is 54.6 Å². The molecule has 8 rings (SSSR count). The normalized spacial score (nSPS) is 21.9. The van der Waals surface area contributed by atoms with Crippen molar-refractivity contribution in [3.8, 4) is 17.0 Å². The number of amides is 3. The average molecular weight is 756 g/mol. The molecule has 11 heteroatoms. The van der Waals surface area contributed by atoms with Crippen LogP contribution in [0.3, 0.4) is 0 Å². The second-order valence-corrected chi connectivity index (χ2v) is 16.2. The number of nitrogens with zero attached hydrogens (tertiary/aromatic N) is 5. The van der Waals surface area contributed by atoms with Crippen molar-refractivity contribution in [2.45, 2.75) is 75.2 Å². The van der Waals surface area contributed by atoms with Crippen molar-refractivity contribution in [3.05, 3.63) is 102 Å². The Kier molecular flexibility index (Phi) is 11.3. The Morgan fingerprint density at radius 1 is 0.839 bits per heavy atom. The molecular formula is C45H53N7O4. The summed E-state index contributed by atoms with van der Waals surface area (Å²) in [6.07, 6.45) is 9.84. The summed E-state index contributed by atoms with van der Waals surface area (Å²) < 4.78 is 0. The van der Waals surface area contributed by atoms with Crippen molar-refractivity contribution in [2.24, 2.45) is 5.92 Å². The summed E-state index contributed by atoms with van der Waals surface area (Å²) in [5.74, 6) is 0.346. The Labute approximate surface area is 329 Å². The third kappa shape index (κ3) is 8.28. The van der Waals surface area contributed by atoms with E-state index in [1.54, 1.807) is 18.3 Å². The van der Waals surface area contributed by atoms with Gasteiger partial charge in [0.2, 0.25) is 17.7 Å². The van der Waals surface area contributed by atoms with Crippen molar-refractivity contribution in [1.82, 2.24) is 25.7 Å². The van der Waals surface area contributed by atoms with E-state index in [0.717, 1.165) is 95.5 Å². The van der Waals surface area contributed by atoms with Gasteiger partial charge >= 0.3 is 0 Å². The molecule has 56 heavy (non-hydrogen) atoms. The van der Waals surface area contributed by atoms with Crippen molar-refractivity contribution in [2.75, 3.05) is 55.6 Å². The highest BCUT2D eigenvalue weighted by Gasteiger charge is 2.39. The molecule has 0 aliphatic carbocycles. The number of aromatic hydroxyl groups is 1. The Morgan fingerprint density at radius 3 is 2.32 bits per heavy atom. The zero-order valence-electron chi connectivity index (χ0n) is 32.1. The summed E-state index contributed by atoms with van der Waals surface area (Å²) in [6, 6.07) is 28.1. The minimum Gasteiger partial charge on any atom is -0.507 e. The number of aromatic nitrogens is 2. The van der Waals surface area contributed by atoms with Crippen LogP contribution in [0.2, 0.25) is 0 Å². The standard InChI is InChI=1S/C45H53N7O4/c53-41-11-5-4-9-38(41)39-29-36(30-47-49-39)51-27-21-45(22-28-51,34-7-2-1-3-8-34)31-46-44(56)40-10-6-23-52(40)26-20-32-18-24-50(25-19-32)35-14-12-33(13-15-35)37-16-17-42(54)48-43(37)55/h1-5,7-9,11-15,29-30,32,37,40,53H,6,10,16-28,31H2,(H,46,56)(H,48,54,55)/t37-,40-/m1/s1. The number of likely N-dealkylation sites (tertiary alicyclic amines) is 1. The van der Waals surface area contributed by atoms with Crippen molar-refractivity contribution in [3.63, 3.8) is 0 Å². The van der Waals surface area contributed by atoms with Crippen LogP contribution in [-0.2, 0) is 19.8 Å². The molecule has 0 radical (unpaired) electrons. The highest BCUT2D eigenvalue weighted by molar-refractivity contribution is 6.01. The van der Waals surface area contributed by atoms with Crippen LogP contribution in [-0.4, -0.2) is 89.8 Å². The number of rotatable bonds is 11. The van der Waals surface area contributed by atoms with Gasteiger partial charge in [0.15, 0.2) is 0 Å². The van der Waals surface area contributed by atoms with Crippen LogP contribution in [0.5, 0.6) is 5.75 Å². The molecule has 4 aliphatic rings. The quantitative estimate of drug-likeness (QED) is 0.163. The predicted molar refractivity (Wildman–Crippen MR) is 217 cm³/mol. The van der Waals surface area contributed by atoms with Gasteiger partial charge in [-0.05, 0) is 112 Å². The number of carbonyl (C=O) groups is 3. The van der Waals surface area contributed by atoms with Crippen molar-refractivity contribution in [1.29, 1.82) is 0 Å². The van der Waals surface area contributed by atoms with E-state index in [2.05, 4.69) is 78.0 Å². The number of carbonyl (C=O) groups excluding carboxylic acids is 3. The predicted octanol–water partition coefficient (Wildman–Crippen LogP) is 5.79. The summed E-state index contributed by atoms with van der Waals surface area (Å²) in [5, 5.41) is 24.9. The fourth-order valence-electron chi connectivity index (χ4n) is 9.43. The smallest absolute Gasteiger partial charge is 0.237 e. The largest absolute Gasteiger partial charge is 0.507 e. The zero-order chi connectivity index (χ0) is 38.5. The van der Waals surface area contributed by atoms with E-state index >= 15 is 0 Å². The van der Waals surface area contributed by atoms with E-state index in [4.69, 9.17) is 0 Å². The number of piperidine rings is 3. The SMILES string of the molecule is O=C1CC[C@H](c2ccc(N3CCC(CCN4CCC[C@@H]4C(=O)NCC4(c5ccccc5)CCN(c5cnnc(-c6ccccc6O)c5)CC4)CC3)cc2)C(=O)N1. The molecular weight excluding hydrogens is 703 g/mol. The highest BCUT2D eigenvalue weighted by Crippen LogP contribution is 2.38. The maximum atomic E-state index is 13.9. The first-order valence-electron chi connectivity index (χ1n) is 20.5. The van der Waals surface area contributed by atoms with Crippen LogP contribution >= 0.6 is 0 Å². The Balaban J connectivity index is 0.832. The van der Waals surface area contributed by atoms with Gasteiger partial charge in [0.05, 0.1) is 29.5 Å². The molecule has 3 N–H and O–H groups in total. The van der Waals surface area contributed by atoms with Crippen molar-refractivity contribution >= 4 is 29.1 Å². The first kappa shape index (κ1) is 37.6. The van der Waals surface area contributed by atoms with Gasteiger partial charge in [0.1, 0.15) is 5.75 Å². The van der Waals surface area contributed by atoms with E-state index in [1.165, 1.54) is 11.3 Å². The molecule has 0 bridgehead atoms. The third-order valence-corrected chi connectivity index (χ3v) is 12.9. The number of benzene rings is 3. The van der Waals surface area contributed by atoms with Gasteiger partial charge in [-0.3, -0.25) is 24.6 Å². The van der Waals surface area contributed by atoms with Gasteiger partial charge in [0.25, 0.3) is 0 Å². The lowest BCUT2D eigenvalue weighted by Gasteiger charge is -2.43. The van der Waals surface area contributed by atoms with Crippen LogP contribution in [0.4, 0.5) is 11.4 Å². The average Bonchev–Trinajstić information content (AvgIpc) is 3.72. The Bertz CT molecular complexity index is 1990. The van der Waals surface area contributed by atoms with Crippen LogP contribution in [0.1, 0.15) is 74.8 Å². The first-order valence-corrected chi connectivity index (χ1v) is 20.5. The molecule has 4 aliphatic heterocycles. The molecule has 11 nitrogen and oxygen atoms in total. The molecule has 0 unspecified atom stereocenters. The molecule has 4 aromatic rings. The zero-order valence-corrected chi connectivity index (χ0v) is 32.1. The fraction of sp³-hybridized carbons (Fsp3) is 0.444. The number of para-hydroxylation sites is 1. The van der Waals surface area contributed by atoms with Gasteiger partial charge in [-0.25, -0.2) is 0 Å². The molecule has 292 valence electrons. The number of nitrogens with one attached hydrogen (secondary N) is 2. The lowest BCUT2D eigenvalue weighted by atomic mass is 9.72. The summed E-state index contributed by atoms with van der Waals surface area (Å²) >= 11 is 0. The minimum absolute atomic E-state index is 0.0819. The number of hydrogen-bond acceptors (Lipinski definition) is 9. The molecule has 2 atom stereocenters. The molecule has 5 heterocycles. The van der Waals surface area contributed by atoms with Gasteiger partial charge in [0, 0.05) is 55.8 Å². The molecule has 3 aromatic carbocycles. The van der Waals surface area contributed by atoms with E-state index in [9.17, 15) is 19.5 Å². The lowest BCUT2D eigenvalue weighted by Crippen LogP contribution is -2.52. The van der Waals surface area contributed by atoms with E-state index < -0.39 is 0 Å². The molecule has 0 spiro atoms. The summed E-state index contributed by atoms with van der Waals surface area (Å²) in [6.45, 7) is 6.17. The first-order chi connectivity index (χ1) is 27.3. The van der Waals surface area contributed by atoms with E-state index in [-0.39, 0.29) is 40.8 Å². The summed E-state index contributed by atoms with van der Waals surface area (Å²) in [7, 11) is 0. The highest BCUT2D eigenvalue weighted by atomic mass is 16.3. The van der Waals surface area contributed by atoms with Crippen LogP contribution < -0.4 is 20.4 Å². The van der Waals surface area contributed by atoms with Crippen LogP contribution in [0, 0.1) is 5.92 Å². The fourth-order valence-corrected chi connectivity index (χ4v) is 9.43. The van der Waals surface area contributed by atoms with E-state index in [0.29, 0.717) is 36.6 Å². The number of anilines is 2. The monoisotopic (exact) mass is 755 g/mol. The van der Waals surface area contributed by atoms with Crippen molar-refractivity contribution < 1.29 is 19.5 Å². The van der Waals surface area contributed by atoms with Crippen LogP contribution in [0.15, 0.2) is 91.1 Å². The second-order valence-electron chi connectivity index (χ2n) is 16.2. The summed E-state index contributed by atoms with van der Waals surface area (Å²) in [4.78, 5) is 45.0. The minimum atomic E-state index is -0.254. The Morgan fingerprint density at radius 2 is 1.57 bits per heavy atom. The van der Waals surface area contributed by atoms with Crippen LogP contribution in [0.25, 0.3) is 11.3 Å². The van der Waals surface area contributed by atoms with Gasteiger partial charge < -0.3 is 20.2 Å². The molecule has 3 amide bonds. The molecule has 4 saturated heterocycles. The second kappa shape index (κ2) is 16.8. The number of phenols is 1.